The normalized spacial score (nSPS) is 19.3. The molecule has 9 heteroatoms. The smallest absolute Gasteiger partial charge is 0.254 e. The van der Waals surface area contributed by atoms with E-state index in [2.05, 4.69) is 15.3 Å². The standard InChI is InChI=1S/C26H20N4O5/c1-34-17-3-2-16-13-30(24(32)18(16)10-17)14-26(12-23(31)29-25(26)33)22-11-20-21(35-22)5-4-19(28-20)15-6-8-27-9-7-15/h2-11H,12-14H2,1H3,(H,29,31,33)/t26-/m1/s1. The van der Waals surface area contributed by atoms with E-state index in [1.54, 1.807) is 41.6 Å². The van der Waals surface area contributed by atoms with Gasteiger partial charge in [-0.1, -0.05) is 6.07 Å². The minimum absolute atomic E-state index is 0.00254. The Balaban J connectivity index is 1.38. The number of hydrogen-bond acceptors (Lipinski definition) is 7. The maximum Gasteiger partial charge on any atom is 0.254 e. The minimum atomic E-state index is -1.35. The van der Waals surface area contributed by atoms with Gasteiger partial charge in [-0.25, -0.2) is 4.98 Å². The predicted molar refractivity (Wildman–Crippen MR) is 124 cm³/mol. The van der Waals surface area contributed by atoms with Crippen LogP contribution in [0.3, 0.4) is 0 Å². The Kier molecular flexibility index (Phi) is 4.67. The molecule has 0 radical (unpaired) electrons. The van der Waals surface area contributed by atoms with Crippen molar-refractivity contribution in [3.63, 3.8) is 0 Å². The summed E-state index contributed by atoms with van der Waals surface area (Å²) in [4.78, 5) is 49.0. The summed E-state index contributed by atoms with van der Waals surface area (Å²) < 4.78 is 11.3. The van der Waals surface area contributed by atoms with Crippen molar-refractivity contribution in [3.8, 4) is 17.0 Å². The number of amides is 3. The Labute approximate surface area is 199 Å². The number of pyridine rings is 2. The highest BCUT2D eigenvalue weighted by atomic mass is 16.5. The second-order valence-electron chi connectivity index (χ2n) is 8.75. The van der Waals surface area contributed by atoms with Crippen LogP contribution in [0.2, 0.25) is 0 Å². The number of carbonyl (C=O) groups excluding carboxylic acids is 3. The van der Waals surface area contributed by atoms with E-state index in [0.717, 1.165) is 16.8 Å². The molecular formula is C26H20N4O5. The highest BCUT2D eigenvalue weighted by Gasteiger charge is 2.53. The molecule has 174 valence electrons. The molecule has 0 bridgehead atoms. The zero-order valence-corrected chi connectivity index (χ0v) is 18.8. The van der Waals surface area contributed by atoms with Gasteiger partial charge < -0.3 is 14.1 Å². The van der Waals surface area contributed by atoms with E-state index in [-0.39, 0.29) is 18.9 Å². The molecule has 0 saturated carbocycles. The van der Waals surface area contributed by atoms with Crippen LogP contribution in [0.4, 0.5) is 0 Å². The van der Waals surface area contributed by atoms with Crippen LogP contribution in [0.5, 0.6) is 5.75 Å². The van der Waals surface area contributed by atoms with Crippen molar-refractivity contribution in [1.29, 1.82) is 0 Å². The average Bonchev–Trinajstić information content (AvgIpc) is 3.53. The van der Waals surface area contributed by atoms with Crippen molar-refractivity contribution in [1.82, 2.24) is 20.2 Å². The number of carbonyl (C=O) groups is 3. The fraction of sp³-hybridized carbons (Fsp3) is 0.192. The Morgan fingerprint density at radius 2 is 1.91 bits per heavy atom. The third-order valence-corrected chi connectivity index (χ3v) is 6.63. The molecule has 1 saturated heterocycles. The van der Waals surface area contributed by atoms with E-state index in [1.807, 2.05) is 24.3 Å². The fourth-order valence-corrected chi connectivity index (χ4v) is 4.81. The van der Waals surface area contributed by atoms with Crippen LogP contribution in [0.1, 0.15) is 28.1 Å². The lowest BCUT2D eigenvalue weighted by molar-refractivity contribution is -0.127. The molecule has 0 spiro atoms. The fourth-order valence-electron chi connectivity index (χ4n) is 4.81. The molecule has 1 atom stereocenters. The molecule has 1 aromatic carbocycles. The van der Waals surface area contributed by atoms with Crippen molar-refractivity contribution in [2.75, 3.05) is 13.7 Å². The zero-order chi connectivity index (χ0) is 24.2. The van der Waals surface area contributed by atoms with Crippen LogP contribution < -0.4 is 10.1 Å². The molecule has 4 aromatic rings. The van der Waals surface area contributed by atoms with Gasteiger partial charge in [-0.05, 0) is 42.0 Å². The van der Waals surface area contributed by atoms with Crippen LogP contribution in [-0.4, -0.2) is 46.2 Å². The van der Waals surface area contributed by atoms with Gasteiger partial charge >= 0.3 is 0 Å². The summed E-state index contributed by atoms with van der Waals surface area (Å²) in [6, 6.07) is 14.3. The van der Waals surface area contributed by atoms with Gasteiger partial charge in [-0.2, -0.15) is 0 Å². The number of aromatic nitrogens is 2. The van der Waals surface area contributed by atoms with E-state index in [1.165, 1.54) is 7.11 Å². The van der Waals surface area contributed by atoms with E-state index < -0.39 is 17.2 Å². The predicted octanol–water partition coefficient (Wildman–Crippen LogP) is 2.84. The number of hydrogen-bond donors (Lipinski definition) is 1. The summed E-state index contributed by atoms with van der Waals surface area (Å²) in [7, 11) is 1.54. The molecule has 0 unspecified atom stereocenters. The van der Waals surface area contributed by atoms with Crippen molar-refractivity contribution in [2.45, 2.75) is 18.4 Å². The van der Waals surface area contributed by atoms with Crippen molar-refractivity contribution >= 4 is 28.8 Å². The summed E-state index contributed by atoms with van der Waals surface area (Å²) in [6.07, 6.45) is 3.25. The Morgan fingerprint density at radius 1 is 1.09 bits per heavy atom. The molecule has 35 heavy (non-hydrogen) atoms. The number of nitrogens with one attached hydrogen (secondary N) is 1. The van der Waals surface area contributed by atoms with Gasteiger partial charge in [0.1, 0.15) is 22.4 Å². The first kappa shape index (κ1) is 21.0. The summed E-state index contributed by atoms with van der Waals surface area (Å²) in [5.74, 6) is -0.240. The third kappa shape index (κ3) is 3.35. The SMILES string of the molecule is COc1ccc2c(c1)C(=O)N(C[C@@]1(c3cc4nc(-c5ccncc5)ccc4o3)CC(=O)NC1=O)C2. The lowest BCUT2D eigenvalue weighted by Gasteiger charge is -2.28. The Bertz CT molecular complexity index is 1510. The first-order chi connectivity index (χ1) is 17.0. The molecule has 2 aliphatic rings. The monoisotopic (exact) mass is 468 g/mol. The van der Waals surface area contributed by atoms with Crippen molar-refractivity contribution in [3.05, 3.63) is 77.8 Å². The van der Waals surface area contributed by atoms with E-state index >= 15 is 0 Å². The van der Waals surface area contributed by atoms with Gasteiger partial charge in [0.15, 0.2) is 5.58 Å². The third-order valence-electron chi connectivity index (χ3n) is 6.63. The number of imide groups is 1. The summed E-state index contributed by atoms with van der Waals surface area (Å²) >= 11 is 0. The topological polar surface area (TPSA) is 115 Å². The van der Waals surface area contributed by atoms with E-state index in [9.17, 15) is 14.4 Å². The molecule has 1 N–H and O–H groups in total. The van der Waals surface area contributed by atoms with Gasteiger partial charge in [0, 0.05) is 42.7 Å². The molecule has 1 fully saturated rings. The second kappa shape index (κ2) is 7.76. The molecule has 3 aromatic heterocycles. The maximum atomic E-state index is 13.2. The Morgan fingerprint density at radius 3 is 2.66 bits per heavy atom. The maximum absolute atomic E-state index is 13.2. The number of rotatable bonds is 5. The van der Waals surface area contributed by atoms with E-state index in [4.69, 9.17) is 9.15 Å². The number of benzene rings is 1. The number of nitrogens with zero attached hydrogens (tertiary/aromatic N) is 3. The Hall–Kier alpha value is -4.53. The second-order valence-corrected chi connectivity index (χ2v) is 8.75. The summed E-state index contributed by atoms with van der Waals surface area (Å²) in [6.45, 7) is 0.323. The average molecular weight is 468 g/mol. The van der Waals surface area contributed by atoms with Gasteiger partial charge in [0.25, 0.3) is 5.91 Å². The van der Waals surface area contributed by atoms with Crippen LogP contribution in [0.25, 0.3) is 22.4 Å². The van der Waals surface area contributed by atoms with Crippen molar-refractivity contribution < 1.29 is 23.5 Å². The quantitative estimate of drug-likeness (QED) is 0.448. The summed E-state index contributed by atoms with van der Waals surface area (Å²) in [5, 5.41) is 2.39. The summed E-state index contributed by atoms with van der Waals surface area (Å²) in [5.41, 5.74) is 2.68. The minimum Gasteiger partial charge on any atom is -0.497 e. The molecule has 6 rings (SSSR count). The zero-order valence-electron chi connectivity index (χ0n) is 18.8. The molecule has 9 nitrogen and oxygen atoms in total. The number of ether oxygens (including phenoxy) is 1. The van der Waals surface area contributed by atoms with Crippen LogP contribution >= 0.6 is 0 Å². The highest BCUT2D eigenvalue weighted by Crippen LogP contribution is 2.39. The largest absolute Gasteiger partial charge is 0.497 e. The van der Waals surface area contributed by atoms with Gasteiger partial charge in [-0.3, -0.25) is 24.7 Å². The number of fused-ring (bicyclic) bond motifs is 2. The number of furan rings is 1. The van der Waals surface area contributed by atoms with Crippen LogP contribution in [-0.2, 0) is 21.5 Å². The molecule has 5 heterocycles. The van der Waals surface area contributed by atoms with Crippen LogP contribution in [0, 0.1) is 0 Å². The first-order valence-corrected chi connectivity index (χ1v) is 11.1. The lowest BCUT2D eigenvalue weighted by atomic mass is 9.82. The molecule has 2 aliphatic heterocycles. The van der Waals surface area contributed by atoms with Crippen molar-refractivity contribution in [2.24, 2.45) is 0 Å². The molecule has 3 amide bonds. The highest BCUT2D eigenvalue weighted by molar-refractivity contribution is 6.10. The van der Waals surface area contributed by atoms with E-state index in [0.29, 0.717) is 34.7 Å². The first-order valence-electron chi connectivity index (χ1n) is 11.1. The molecule has 0 aliphatic carbocycles. The lowest BCUT2D eigenvalue weighted by Crippen LogP contribution is -2.46. The number of methoxy groups -OCH3 is 1. The van der Waals surface area contributed by atoms with Crippen LogP contribution in [0.15, 0.2) is 65.3 Å². The van der Waals surface area contributed by atoms with Gasteiger partial charge in [0.2, 0.25) is 11.8 Å². The molecular weight excluding hydrogens is 448 g/mol. The van der Waals surface area contributed by atoms with Gasteiger partial charge in [0.05, 0.1) is 19.2 Å². The van der Waals surface area contributed by atoms with Gasteiger partial charge in [-0.15, -0.1) is 0 Å².